The number of nitrogens with zero attached hydrogens (tertiary/aromatic N) is 2. The molecule has 1 atom stereocenters. The number of allylic oxidation sites excluding steroid dienone is 1. The molecule has 10 aromatic rings. The van der Waals surface area contributed by atoms with E-state index < -0.39 is 0 Å². The van der Waals surface area contributed by atoms with E-state index in [9.17, 15) is 0 Å². The molecule has 1 aliphatic heterocycles. The number of benzene rings is 8. The molecule has 1 N–H and O–H groups in total. The summed E-state index contributed by atoms with van der Waals surface area (Å²) in [6, 6.07) is 73.9. The lowest BCUT2D eigenvalue weighted by molar-refractivity contribution is 0.664. The highest BCUT2D eigenvalue weighted by Gasteiger charge is 2.23. The third-order valence-corrected chi connectivity index (χ3v) is 12.5. The molecule has 58 heavy (non-hydrogen) atoms. The Morgan fingerprint density at radius 2 is 1.02 bits per heavy atom. The van der Waals surface area contributed by atoms with Crippen LogP contribution in [0.5, 0.6) is 0 Å². The van der Waals surface area contributed by atoms with Crippen LogP contribution in [0, 0.1) is 0 Å². The van der Waals surface area contributed by atoms with E-state index in [2.05, 4.69) is 222 Å². The fourth-order valence-electron chi connectivity index (χ4n) is 8.47. The van der Waals surface area contributed by atoms with Gasteiger partial charge in [0.25, 0.3) is 0 Å². The first-order chi connectivity index (χ1) is 28.8. The average Bonchev–Trinajstić information content (AvgIpc) is 3.87. The smallest absolute Gasteiger partial charge is 0.145 e. The first-order valence-electron chi connectivity index (χ1n) is 19.7. The van der Waals surface area contributed by atoms with E-state index in [0.717, 1.165) is 33.8 Å². The summed E-state index contributed by atoms with van der Waals surface area (Å²) in [6.45, 7) is 0. The number of nitrogens with one attached hydrogen (secondary N) is 1. The third kappa shape index (κ3) is 5.94. The van der Waals surface area contributed by atoms with E-state index in [4.69, 9.17) is 4.99 Å². The normalized spacial score (nSPS) is 14.0. The maximum absolute atomic E-state index is 5.31. The molecule has 0 fully saturated rings. The Labute approximate surface area is 341 Å². The second-order valence-corrected chi connectivity index (χ2v) is 15.8. The molecule has 0 amide bonds. The predicted molar refractivity (Wildman–Crippen MR) is 246 cm³/mol. The molecular formula is C54H37N3S. The largest absolute Gasteiger partial charge is 0.360 e. The Balaban J connectivity index is 1.01. The van der Waals surface area contributed by atoms with Crippen LogP contribution in [0.1, 0.15) is 22.9 Å². The third-order valence-electron chi connectivity index (χ3n) is 11.3. The monoisotopic (exact) mass is 759 g/mol. The molecular weight excluding hydrogens is 723 g/mol. The van der Waals surface area contributed by atoms with E-state index in [-0.39, 0.29) is 6.17 Å². The molecule has 1 unspecified atom stereocenters. The molecule has 274 valence electrons. The molecule has 3 nitrogen and oxygen atoms in total. The van der Waals surface area contributed by atoms with Crippen LogP contribution in [0.2, 0.25) is 0 Å². The quantitative estimate of drug-likeness (QED) is 0.172. The van der Waals surface area contributed by atoms with Crippen LogP contribution < -0.4 is 5.32 Å². The number of hydrogen-bond donors (Lipinski definition) is 1. The van der Waals surface area contributed by atoms with Crippen LogP contribution in [-0.4, -0.2) is 10.3 Å². The number of aromatic nitrogens is 1. The number of hydrogen-bond acceptors (Lipinski definition) is 3. The molecule has 8 aromatic carbocycles. The van der Waals surface area contributed by atoms with E-state index in [1.54, 1.807) is 0 Å². The fourth-order valence-corrected chi connectivity index (χ4v) is 9.86. The minimum absolute atomic E-state index is 0.255. The van der Waals surface area contributed by atoms with Crippen molar-refractivity contribution in [1.29, 1.82) is 0 Å². The summed E-state index contributed by atoms with van der Waals surface area (Å²) in [5.41, 5.74) is 15.0. The summed E-state index contributed by atoms with van der Waals surface area (Å²) in [6.07, 6.45) is 1.92. The molecule has 11 rings (SSSR count). The van der Waals surface area contributed by atoms with Crippen LogP contribution in [0.4, 0.5) is 0 Å². The van der Waals surface area contributed by atoms with Gasteiger partial charge >= 0.3 is 0 Å². The van der Waals surface area contributed by atoms with Gasteiger partial charge in [0, 0.05) is 42.7 Å². The van der Waals surface area contributed by atoms with Crippen LogP contribution >= 0.6 is 11.3 Å². The first-order valence-corrected chi connectivity index (χ1v) is 20.6. The van der Waals surface area contributed by atoms with Crippen molar-refractivity contribution in [2.24, 2.45) is 4.99 Å². The number of aliphatic imine (C=N–C) groups is 1. The van der Waals surface area contributed by atoms with Crippen LogP contribution in [0.25, 0.3) is 76.0 Å². The zero-order chi connectivity index (χ0) is 38.4. The predicted octanol–water partition coefficient (Wildman–Crippen LogP) is 14.1. The van der Waals surface area contributed by atoms with Crippen molar-refractivity contribution in [1.82, 2.24) is 9.88 Å². The highest BCUT2D eigenvalue weighted by molar-refractivity contribution is 7.24. The van der Waals surface area contributed by atoms with Crippen molar-refractivity contribution in [3.05, 3.63) is 229 Å². The summed E-state index contributed by atoms with van der Waals surface area (Å²) in [7, 11) is 0. The molecule has 1 aliphatic rings. The molecule has 0 saturated heterocycles. The molecule has 0 saturated carbocycles. The summed E-state index contributed by atoms with van der Waals surface area (Å²) >= 11 is 1.90. The zero-order valence-corrected chi connectivity index (χ0v) is 32.4. The lowest BCUT2D eigenvalue weighted by Crippen LogP contribution is -2.24. The van der Waals surface area contributed by atoms with Gasteiger partial charge in [-0.3, -0.25) is 4.99 Å². The average molecular weight is 760 g/mol. The van der Waals surface area contributed by atoms with Crippen molar-refractivity contribution >= 4 is 54.6 Å². The Morgan fingerprint density at radius 3 is 1.71 bits per heavy atom. The Morgan fingerprint density at radius 1 is 0.448 bits per heavy atom. The fraction of sp³-hybridized carbons (Fsp3) is 0.0185. The number of fused-ring (bicyclic) bond motifs is 5. The number of thiophene rings is 1. The maximum Gasteiger partial charge on any atom is 0.145 e. The first kappa shape index (κ1) is 34.0. The number of para-hydroxylation sites is 1. The minimum Gasteiger partial charge on any atom is -0.360 e. The molecule has 4 heteroatoms. The Bertz CT molecular complexity index is 3140. The second-order valence-electron chi connectivity index (χ2n) is 14.7. The highest BCUT2D eigenvalue weighted by Crippen LogP contribution is 2.49. The van der Waals surface area contributed by atoms with Gasteiger partial charge in [-0.25, -0.2) is 0 Å². The highest BCUT2D eigenvalue weighted by atomic mass is 32.1. The van der Waals surface area contributed by atoms with Gasteiger partial charge in [0.1, 0.15) is 6.17 Å². The topological polar surface area (TPSA) is 29.3 Å². The standard InChI is InChI=1S/C54H37N3S/c1-5-15-36(16-6-1)37-25-27-39(28-26-37)47-35-46(38-17-7-2-8-18-38)55-54(56-47)42-29-31-43(32-30-42)57-48-24-14-13-23-44(48)51-49(57)34-33-45-50(40-19-9-3-10-20-40)52(58-53(45)51)41-21-11-4-12-22-41/h1-35,54-55H. The van der Waals surface area contributed by atoms with Crippen molar-refractivity contribution in [3.63, 3.8) is 0 Å². The van der Waals surface area contributed by atoms with Gasteiger partial charge in [-0.15, -0.1) is 11.3 Å². The van der Waals surface area contributed by atoms with Crippen molar-refractivity contribution in [2.45, 2.75) is 6.17 Å². The molecule has 0 radical (unpaired) electrons. The van der Waals surface area contributed by atoms with Gasteiger partial charge in [-0.2, -0.15) is 0 Å². The van der Waals surface area contributed by atoms with Crippen LogP contribution in [0.3, 0.4) is 0 Å². The minimum atomic E-state index is -0.255. The zero-order valence-electron chi connectivity index (χ0n) is 31.6. The second kappa shape index (κ2) is 14.3. The van der Waals surface area contributed by atoms with Crippen LogP contribution in [0.15, 0.2) is 217 Å². The van der Waals surface area contributed by atoms with Gasteiger partial charge in [-0.1, -0.05) is 182 Å². The summed E-state index contributed by atoms with van der Waals surface area (Å²) in [5.74, 6) is 0. The van der Waals surface area contributed by atoms with Crippen molar-refractivity contribution in [3.8, 4) is 38.4 Å². The van der Waals surface area contributed by atoms with Gasteiger partial charge in [0.15, 0.2) is 0 Å². The molecule has 2 aromatic heterocycles. The Hall–Kier alpha value is -7.27. The van der Waals surface area contributed by atoms with E-state index >= 15 is 0 Å². The van der Waals surface area contributed by atoms with Gasteiger partial charge in [0.2, 0.25) is 0 Å². The SMILES string of the molecule is C1=C(c2ccccc2)NC(c2ccc(-n3c4ccccc4c4c5sc(-c6ccccc6)c(-c6ccccc6)c5ccc43)cc2)N=C1c1ccc(-c2ccccc2)cc1. The summed E-state index contributed by atoms with van der Waals surface area (Å²) < 4.78 is 3.73. The van der Waals surface area contributed by atoms with Crippen molar-refractivity contribution in [2.75, 3.05) is 0 Å². The van der Waals surface area contributed by atoms with Gasteiger partial charge in [-0.05, 0) is 69.3 Å². The molecule has 0 spiro atoms. The Kier molecular flexibility index (Phi) is 8.41. The molecule has 3 heterocycles. The van der Waals surface area contributed by atoms with E-state index in [0.29, 0.717) is 0 Å². The van der Waals surface area contributed by atoms with E-state index in [1.165, 1.54) is 64.6 Å². The lowest BCUT2D eigenvalue weighted by atomic mass is 9.98. The van der Waals surface area contributed by atoms with Gasteiger partial charge < -0.3 is 9.88 Å². The van der Waals surface area contributed by atoms with Crippen molar-refractivity contribution < 1.29 is 0 Å². The molecule has 0 aliphatic carbocycles. The summed E-state index contributed by atoms with van der Waals surface area (Å²) in [4.78, 5) is 6.61. The lowest BCUT2D eigenvalue weighted by Gasteiger charge is -2.25. The summed E-state index contributed by atoms with van der Waals surface area (Å²) in [5, 5.41) is 7.59. The molecule has 0 bridgehead atoms. The van der Waals surface area contributed by atoms with Crippen LogP contribution in [-0.2, 0) is 0 Å². The number of rotatable bonds is 7. The maximum atomic E-state index is 5.31. The van der Waals surface area contributed by atoms with E-state index in [1.807, 2.05) is 11.3 Å². The van der Waals surface area contributed by atoms with Gasteiger partial charge in [0.05, 0.1) is 16.7 Å².